The highest BCUT2D eigenvalue weighted by atomic mass is 16.6. The molecule has 0 radical (unpaired) electrons. The second-order valence-electron chi connectivity index (χ2n) is 9.86. The Kier molecular flexibility index (Phi) is 7.34. The van der Waals surface area contributed by atoms with Crippen molar-refractivity contribution in [3.63, 3.8) is 0 Å². The molecule has 7 heteroatoms. The molecule has 0 bridgehead atoms. The maximum absolute atomic E-state index is 13.4. The largest absolute Gasteiger partial charge is 0.490 e. The summed E-state index contributed by atoms with van der Waals surface area (Å²) in [7, 11) is 0. The molecule has 2 amide bonds. The minimum atomic E-state index is -0.542. The molecule has 2 aliphatic rings. The lowest BCUT2D eigenvalue weighted by molar-refractivity contribution is -0.136. The molecule has 0 N–H and O–H groups in total. The van der Waals surface area contributed by atoms with Crippen LogP contribution in [0.3, 0.4) is 0 Å². The predicted octanol–water partition coefficient (Wildman–Crippen LogP) is 4.09. The monoisotopic (exact) mass is 432 g/mol. The maximum Gasteiger partial charge on any atom is 0.410 e. The van der Waals surface area contributed by atoms with E-state index in [1.165, 1.54) is 0 Å². The predicted molar refractivity (Wildman–Crippen MR) is 118 cm³/mol. The fourth-order valence-electron chi connectivity index (χ4n) is 3.91. The normalized spacial score (nSPS) is 18.6. The van der Waals surface area contributed by atoms with Crippen molar-refractivity contribution >= 4 is 12.0 Å². The molecule has 2 heterocycles. The summed E-state index contributed by atoms with van der Waals surface area (Å²) in [4.78, 5) is 29.3. The first-order valence-electron chi connectivity index (χ1n) is 11.3. The molecule has 31 heavy (non-hydrogen) atoms. The Labute approximate surface area is 185 Å². The standard InChI is InChI=1S/C24H36N2O5/c1-17(2)14-26(15-18-7-8-20-21(13-18)30-12-6-11-29-20)22(27)19-9-10-25(16-19)23(28)31-24(3,4)5/h7-8,13,17,19H,6,9-12,14-16H2,1-5H3. The first-order valence-corrected chi connectivity index (χ1v) is 11.3. The second kappa shape index (κ2) is 9.79. The van der Waals surface area contributed by atoms with Gasteiger partial charge in [0.15, 0.2) is 11.5 Å². The van der Waals surface area contributed by atoms with Crippen molar-refractivity contribution in [2.24, 2.45) is 11.8 Å². The van der Waals surface area contributed by atoms with E-state index in [0.717, 1.165) is 23.5 Å². The number of benzene rings is 1. The van der Waals surface area contributed by atoms with Crippen LogP contribution in [-0.2, 0) is 16.1 Å². The Balaban J connectivity index is 1.67. The Hall–Kier alpha value is -2.44. The third-order valence-electron chi connectivity index (χ3n) is 5.27. The van der Waals surface area contributed by atoms with Crippen molar-refractivity contribution in [2.45, 2.75) is 59.6 Å². The molecule has 0 saturated carbocycles. The highest BCUT2D eigenvalue weighted by molar-refractivity contribution is 5.81. The Morgan fingerprint density at radius 1 is 1.19 bits per heavy atom. The number of rotatable bonds is 5. The molecule has 1 atom stereocenters. The lowest BCUT2D eigenvalue weighted by Gasteiger charge is -2.28. The molecule has 3 rings (SSSR count). The van der Waals surface area contributed by atoms with Crippen molar-refractivity contribution in [2.75, 3.05) is 32.8 Å². The molecule has 0 aromatic heterocycles. The van der Waals surface area contributed by atoms with Crippen molar-refractivity contribution in [3.8, 4) is 11.5 Å². The molecule has 1 aromatic rings. The zero-order valence-corrected chi connectivity index (χ0v) is 19.5. The van der Waals surface area contributed by atoms with E-state index in [9.17, 15) is 9.59 Å². The van der Waals surface area contributed by atoms with Gasteiger partial charge in [-0.2, -0.15) is 0 Å². The quantitative estimate of drug-likeness (QED) is 0.701. The molecule has 1 aromatic carbocycles. The molecule has 0 aliphatic carbocycles. The molecule has 7 nitrogen and oxygen atoms in total. The number of likely N-dealkylation sites (tertiary alicyclic amines) is 1. The van der Waals surface area contributed by atoms with Gasteiger partial charge in [-0.3, -0.25) is 4.79 Å². The minimum absolute atomic E-state index is 0.0897. The summed E-state index contributed by atoms with van der Waals surface area (Å²) in [5.41, 5.74) is 0.472. The summed E-state index contributed by atoms with van der Waals surface area (Å²) in [6, 6.07) is 5.90. The third kappa shape index (κ3) is 6.52. The summed E-state index contributed by atoms with van der Waals surface area (Å²) < 4.78 is 17.0. The Bertz CT molecular complexity index is 787. The smallest absolute Gasteiger partial charge is 0.410 e. The van der Waals surface area contributed by atoms with Gasteiger partial charge in [-0.1, -0.05) is 19.9 Å². The molecule has 1 saturated heterocycles. The van der Waals surface area contributed by atoms with Gasteiger partial charge in [0.05, 0.1) is 19.1 Å². The van der Waals surface area contributed by atoms with Crippen LogP contribution in [0, 0.1) is 11.8 Å². The van der Waals surface area contributed by atoms with Crippen LogP contribution in [0.25, 0.3) is 0 Å². The van der Waals surface area contributed by atoms with E-state index in [-0.39, 0.29) is 17.9 Å². The van der Waals surface area contributed by atoms with E-state index in [0.29, 0.717) is 51.7 Å². The zero-order chi connectivity index (χ0) is 22.6. The Morgan fingerprint density at radius 2 is 1.90 bits per heavy atom. The summed E-state index contributed by atoms with van der Waals surface area (Å²) in [5, 5.41) is 0. The number of carbonyl (C=O) groups is 2. The van der Waals surface area contributed by atoms with Crippen LogP contribution in [0.4, 0.5) is 4.79 Å². The fraction of sp³-hybridized carbons (Fsp3) is 0.667. The highest BCUT2D eigenvalue weighted by Gasteiger charge is 2.35. The SMILES string of the molecule is CC(C)CN(Cc1ccc2c(c1)OCCCO2)C(=O)C1CCN(C(=O)OC(C)(C)C)C1. The van der Waals surface area contributed by atoms with Crippen molar-refractivity contribution in [1.29, 1.82) is 0 Å². The van der Waals surface area contributed by atoms with Crippen LogP contribution in [0.5, 0.6) is 11.5 Å². The first-order chi connectivity index (χ1) is 14.6. The van der Waals surface area contributed by atoms with E-state index >= 15 is 0 Å². The molecule has 2 aliphatic heterocycles. The number of carbonyl (C=O) groups excluding carboxylic acids is 2. The second-order valence-corrected chi connectivity index (χ2v) is 9.86. The zero-order valence-electron chi connectivity index (χ0n) is 19.5. The van der Waals surface area contributed by atoms with Crippen molar-refractivity contribution in [1.82, 2.24) is 9.80 Å². The molecule has 1 unspecified atom stereocenters. The topological polar surface area (TPSA) is 68.3 Å². The van der Waals surface area contributed by atoms with Crippen LogP contribution >= 0.6 is 0 Å². The van der Waals surface area contributed by atoms with Crippen LogP contribution in [-0.4, -0.2) is 60.2 Å². The van der Waals surface area contributed by atoms with E-state index in [2.05, 4.69) is 13.8 Å². The summed E-state index contributed by atoms with van der Waals surface area (Å²) in [6.07, 6.45) is 1.17. The lowest BCUT2D eigenvalue weighted by Crippen LogP contribution is -2.40. The molecule has 0 spiro atoms. The van der Waals surface area contributed by atoms with Crippen LogP contribution in [0.15, 0.2) is 18.2 Å². The summed E-state index contributed by atoms with van der Waals surface area (Å²) in [5.74, 6) is 1.72. The minimum Gasteiger partial charge on any atom is -0.490 e. The van der Waals surface area contributed by atoms with Crippen molar-refractivity contribution in [3.05, 3.63) is 23.8 Å². The van der Waals surface area contributed by atoms with Gasteiger partial charge >= 0.3 is 6.09 Å². The number of hydrogen-bond donors (Lipinski definition) is 0. The average Bonchev–Trinajstić information content (AvgIpc) is 3.05. The van der Waals surface area contributed by atoms with Crippen LogP contribution < -0.4 is 9.47 Å². The fourth-order valence-corrected chi connectivity index (χ4v) is 3.91. The van der Waals surface area contributed by atoms with Crippen LogP contribution in [0.2, 0.25) is 0 Å². The summed E-state index contributed by atoms with van der Waals surface area (Å²) in [6.45, 7) is 13.2. The molecule has 1 fully saturated rings. The number of ether oxygens (including phenoxy) is 3. The molecular formula is C24H36N2O5. The van der Waals surface area contributed by atoms with Gasteiger partial charge in [-0.25, -0.2) is 4.79 Å². The van der Waals surface area contributed by atoms with Crippen LogP contribution in [0.1, 0.15) is 53.0 Å². The first kappa shape index (κ1) is 23.2. The van der Waals surface area contributed by atoms with Gasteiger partial charge in [0.25, 0.3) is 0 Å². The average molecular weight is 433 g/mol. The molecule has 172 valence electrons. The number of fused-ring (bicyclic) bond motifs is 1. The Morgan fingerprint density at radius 3 is 2.58 bits per heavy atom. The van der Waals surface area contributed by atoms with Gasteiger partial charge in [0.1, 0.15) is 5.60 Å². The number of nitrogens with zero attached hydrogens (tertiary/aromatic N) is 2. The van der Waals surface area contributed by atoms with E-state index in [1.807, 2.05) is 43.9 Å². The summed E-state index contributed by atoms with van der Waals surface area (Å²) >= 11 is 0. The lowest BCUT2D eigenvalue weighted by atomic mass is 10.0. The third-order valence-corrected chi connectivity index (χ3v) is 5.27. The van der Waals surface area contributed by atoms with Gasteiger partial charge in [-0.05, 0) is 50.8 Å². The van der Waals surface area contributed by atoms with Gasteiger partial charge in [0, 0.05) is 32.6 Å². The molecular weight excluding hydrogens is 396 g/mol. The highest BCUT2D eigenvalue weighted by Crippen LogP contribution is 2.31. The van der Waals surface area contributed by atoms with Gasteiger partial charge < -0.3 is 24.0 Å². The number of hydrogen-bond acceptors (Lipinski definition) is 5. The van der Waals surface area contributed by atoms with Gasteiger partial charge in [0.2, 0.25) is 5.91 Å². The maximum atomic E-state index is 13.4. The van der Waals surface area contributed by atoms with E-state index < -0.39 is 5.60 Å². The number of amides is 2. The van der Waals surface area contributed by atoms with E-state index in [4.69, 9.17) is 14.2 Å². The van der Waals surface area contributed by atoms with E-state index in [1.54, 1.807) is 4.90 Å². The van der Waals surface area contributed by atoms with Crippen molar-refractivity contribution < 1.29 is 23.8 Å². The van der Waals surface area contributed by atoms with Gasteiger partial charge in [-0.15, -0.1) is 0 Å².